The second-order valence-corrected chi connectivity index (χ2v) is 5.09. The lowest BCUT2D eigenvalue weighted by Crippen LogP contribution is -2.48. The van der Waals surface area contributed by atoms with Crippen molar-refractivity contribution in [2.75, 3.05) is 12.3 Å². The molecular formula is C16H15N3O4. The average molecular weight is 313 g/mol. The Hall–Kier alpha value is -2.77. The van der Waals surface area contributed by atoms with E-state index in [-0.39, 0.29) is 12.4 Å². The zero-order chi connectivity index (χ0) is 16.4. The molecule has 3 rings (SSSR count). The topological polar surface area (TPSA) is 107 Å². The fourth-order valence-corrected chi connectivity index (χ4v) is 2.49. The molecule has 0 aliphatic carbocycles. The van der Waals surface area contributed by atoms with Gasteiger partial charge in [-0.15, -0.1) is 0 Å². The van der Waals surface area contributed by atoms with Crippen LogP contribution in [0.25, 0.3) is 0 Å². The van der Waals surface area contributed by atoms with Gasteiger partial charge < -0.3 is 15.6 Å². The van der Waals surface area contributed by atoms with E-state index >= 15 is 0 Å². The number of ether oxygens (including phenoxy) is 1. The van der Waals surface area contributed by atoms with Crippen molar-refractivity contribution in [1.29, 1.82) is 0 Å². The zero-order valence-corrected chi connectivity index (χ0v) is 12.1. The molecular weight excluding hydrogens is 298 g/mol. The number of aliphatic hydroxyl groups excluding tert-OH is 1. The summed E-state index contributed by atoms with van der Waals surface area (Å²) in [5.74, 6) is -0.381. The quantitative estimate of drug-likeness (QED) is 0.621. The summed E-state index contributed by atoms with van der Waals surface area (Å²) in [7, 11) is 0. The molecule has 0 saturated carbocycles. The van der Waals surface area contributed by atoms with Gasteiger partial charge >= 0.3 is 5.69 Å². The van der Waals surface area contributed by atoms with E-state index in [1.165, 1.54) is 18.3 Å². The van der Waals surface area contributed by atoms with Crippen molar-refractivity contribution in [1.82, 2.24) is 9.55 Å². The number of benzene rings is 1. The van der Waals surface area contributed by atoms with Gasteiger partial charge in [0.25, 0.3) is 0 Å². The maximum absolute atomic E-state index is 13.0. The molecule has 7 heteroatoms. The molecule has 0 bridgehead atoms. The van der Waals surface area contributed by atoms with Crippen LogP contribution < -0.4 is 11.4 Å². The van der Waals surface area contributed by atoms with Crippen LogP contribution in [-0.4, -0.2) is 33.2 Å². The Balaban J connectivity index is 2.15. The van der Waals surface area contributed by atoms with Gasteiger partial charge in [0, 0.05) is 11.8 Å². The highest BCUT2D eigenvalue weighted by Gasteiger charge is 2.45. The van der Waals surface area contributed by atoms with Crippen LogP contribution in [0.1, 0.15) is 10.4 Å². The van der Waals surface area contributed by atoms with Crippen molar-refractivity contribution < 1.29 is 14.6 Å². The van der Waals surface area contributed by atoms with Crippen LogP contribution in [0.15, 0.2) is 59.5 Å². The molecule has 1 aliphatic heterocycles. The van der Waals surface area contributed by atoms with Gasteiger partial charge in [0.2, 0.25) is 11.5 Å². The SMILES string of the molecule is Nc1ccn([C@@]2(C(=O)c3ccccc3)C=C[C@@H](CO)O2)c(=O)n1. The molecule has 0 amide bonds. The zero-order valence-electron chi connectivity index (χ0n) is 12.1. The number of nitrogens with zero attached hydrogens (tertiary/aromatic N) is 2. The Bertz CT molecular complexity index is 816. The maximum Gasteiger partial charge on any atom is 0.352 e. The van der Waals surface area contributed by atoms with E-state index in [9.17, 15) is 14.7 Å². The predicted molar refractivity (Wildman–Crippen MR) is 82.8 cm³/mol. The van der Waals surface area contributed by atoms with E-state index in [1.807, 2.05) is 0 Å². The van der Waals surface area contributed by atoms with Crippen molar-refractivity contribution in [3.8, 4) is 0 Å². The summed E-state index contributed by atoms with van der Waals surface area (Å²) in [6.07, 6.45) is 3.67. The number of aromatic nitrogens is 2. The summed E-state index contributed by atoms with van der Waals surface area (Å²) in [5.41, 5.74) is 3.48. The summed E-state index contributed by atoms with van der Waals surface area (Å²) in [6.45, 7) is -0.308. The molecule has 2 atom stereocenters. The van der Waals surface area contributed by atoms with E-state index < -0.39 is 23.3 Å². The number of carbonyl (C=O) groups is 1. The Morgan fingerprint density at radius 3 is 2.70 bits per heavy atom. The molecule has 0 radical (unpaired) electrons. The van der Waals surface area contributed by atoms with Gasteiger partial charge in [-0.05, 0) is 12.1 Å². The highest BCUT2D eigenvalue weighted by atomic mass is 16.5. The lowest BCUT2D eigenvalue weighted by molar-refractivity contribution is -0.0704. The number of hydrogen-bond donors (Lipinski definition) is 2. The van der Waals surface area contributed by atoms with Crippen LogP contribution in [0.4, 0.5) is 5.82 Å². The van der Waals surface area contributed by atoms with Crippen LogP contribution in [0.2, 0.25) is 0 Å². The number of carbonyl (C=O) groups excluding carboxylic acids is 1. The molecule has 1 aliphatic rings. The maximum atomic E-state index is 13.0. The molecule has 118 valence electrons. The Kier molecular flexibility index (Phi) is 3.81. The largest absolute Gasteiger partial charge is 0.393 e. The summed E-state index contributed by atoms with van der Waals surface area (Å²) < 4.78 is 6.77. The van der Waals surface area contributed by atoms with Crippen molar-refractivity contribution >= 4 is 11.6 Å². The first-order valence-electron chi connectivity index (χ1n) is 7.00. The molecule has 23 heavy (non-hydrogen) atoms. The fourth-order valence-electron chi connectivity index (χ4n) is 2.49. The summed E-state index contributed by atoms with van der Waals surface area (Å²) in [6, 6.07) is 9.88. The van der Waals surface area contributed by atoms with E-state index in [2.05, 4.69) is 4.98 Å². The number of nitrogens with two attached hydrogens (primary N) is 1. The van der Waals surface area contributed by atoms with Crippen LogP contribution >= 0.6 is 0 Å². The van der Waals surface area contributed by atoms with Gasteiger partial charge in [0.15, 0.2) is 0 Å². The summed E-state index contributed by atoms with van der Waals surface area (Å²) in [5, 5.41) is 9.30. The van der Waals surface area contributed by atoms with Gasteiger partial charge in [-0.2, -0.15) is 4.98 Å². The first-order valence-corrected chi connectivity index (χ1v) is 7.00. The van der Waals surface area contributed by atoms with Crippen LogP contribution in [0.5, 0.6) is 0 Å². The van der Waals surface area contributed by atoms with Crippen molar-refractivity contribution in [2.24, 2.45) is 0 Å². The second-order valence-electron chi connectivity index (χ2n) is 5.09. The van der Waals surface area contributed by atoms with Crippen LogP contribution in [-0.2, 0) is 10.5 Å². The smallest absolute Gasteiger partial charge is 0.352 e. The monoisotopic (exact) mass is 313 g/mol. The van der Waals surface area contributed by atoms with Crippen molar-refractivity contribution in [3.63, 3.8) is 0 Å². The standard InChI is InChI=1S/C16H15N3O4/c17-13-7-9-19(15(22)18-13)16(8-6-12(10-20)23-16)14(21)11-4-2-1-3-5-11/h1-9,12,20H,10H2,(H2,17,18,22)/t12-,16-/m0/s1. The number of Topliss-reactive ketones (excluding diaryl/α,β-unsaturated/α-hetero) is 1. The number of anilines is 1. The van der Waals surface area contributed by atoms with E-state index in [1.54, 1.807) is 36.4 Å². The summed E-state index contributed by atoms with van der Waals surface area (Å²) in [4.78, 5) is 28.8. The van der Waals surface area contributed by atoms with Gasteiger partial charge in [-0.3, -0.25) is 9.36 Å². The highest BCUT2D eigenvalue weighted by molar-refractivity contribution is 6.02. The first kappa shape index (κ1) is 15.1. The van der Waals surface area contributed by atoms with Crippen molar-refractivity contribution in [2.45, 2.75) is 11.8 Å². The van der Waals surface area contributed by atoms with Gasteiger partial charge in [-0.1, -0.05) is 36.4 Å². The number of hydrogen-bond acceptors (Lipinski definition) is 6. The molecule has 1 aromatic heterocycles. The third-order valence-corrected chi connectivity index (χ3v) is 3.59. The normalized spacial score (nSPS) is 23.1. The first-order chi connectivity index (χ1) is 11.1. The molecule has 0 spiro atoms. The third-order valence-electron chi connectivity index (χ3n) is 3.59. The molecule has 0 unspecified atom stereocenters. The van der Waals surface area contributed by atoms with Crippen LogP contribution in [0.3, 0.4) is 0 Å². The molecule has 2 aromatic rings. The second kappa shape index (κ2) is 5.79. The van der Waals surface area contributed by atoms with E-state index in [4.69, 9.17) is 10.5 Å². The van der Waals surface area contributed by atoms with Crippen LogP contribution in [0, 0.1) is 0 Å². The third kappa shape index (κ3) is 2.56. The minimum absolute atomic E-state index is 0.0502. The lowest BCUT2D eigenvalue weighted by atomic mass is 10.0. The van der Waals surface area contributed by atoms with E-state index in [0.29, 0.717) is 5.56 Å². The fraction of sp³-hybridized carbons (Fsp3) is 0.188. The Labute approximate surface area is 131 Å². The summed E-state index contributed by atoms with van der Waals surface area (Å²) >= 11 is 0. The number of rotatable bonds is 4. The molecule has 0 fully saturated rings. The minimum atomic E-state index is -1.69. The Morgan fingerprint density at radius 2 is 2.09 bits per heavy atom. The van der Waals surface area contributed by atoms with Gasteiger partial charge in [0.05, 0.1) is 6.61 Å². The molecule has 3 N–H and O–H groups in total. The number of nitrogen functional groups attached to an aromatic ring is 1. The number of ketones is 1. The average Bonchev–Trinajstić information content (AvgIpc) is 3.00. The Morgan fingerprint density at radius 1 is 1.35 bits per heavy atom. The molecule has 1 aromatic carbocycles. The van der Waals surface area contributed by atoms with Gasteiger partial charge in [0.1, 0.15) is 11.9 Å². The van der Waals surface area contributed by atoms with E-state index in [0.717, 1.165) is 4.57 Å². The minimum Gasteiger partial charge on any atom is -0.393 e. The molecule has 2 heterocycles. The number of aliphatic hydroxyl groups is 1. The van der Waals surface area contributed by atoms with Gasteiger partial charge in [-0.25, -0.2) is 4.79 Å². The highest BCUT2D eigenvalue weighted by Crippen LogP contribution is 2.31. The molecule has 0 saturated heterocycles. The predicted octanol–water partition coefficient (Wildman–Crippen LogP) is 0.308. The van der Waals surface area contributed by atoms with Crippen molar-refractivity contribution in [3.05, 3.63) is 70.8 Å². The molecule has 7 nitrogen and oxygen atoms in total. The lowest BCUT2D eigenvalue weighted by Gasteiger charge is -2.29.